The maximum Gasteiger partial charge on any atom is 0.258 e. The molecule has 0 saturated carbocycles. The van der Waals surface area contributed by atoms with Gasteiger partial charge in [-0.2, -0.15) is 0 Å². The molecule has 2 aliphatic rings. The largest absolute Gasteiger partial charge is 0.486 e. The first-order valence-electron chi connectivity index (χ1n) is 11.6. The molecule has 0 bridgehead atoms. The fraction of sp³-hybridized carbons (Fsp3) is 0.286. The number of carbonyl (C=O) groups is 2. The van der Waals surface area contributed by atoms with Gasteiger partial charge in [0.05, 0.1) is 11.6 Å². The monoisotopic (exact) mass is 492 g/mol. The van der Waals surface area contributed by atoms with Gasteiger partial charge in [0.2, 0.25) is 5.91 Å². The number of nitrogens with two attached hydrogens (primary N) is 1. The maximum absolute atomic E-state index is 14.7. The van der Waals surface area contributed by atoms with Crippen molar-refractivity contribution in [1.82, 2.24) is 4.90 Å². The number of benzene rings is 3. The molecule has 3 aromatic carbocycles. The molecule has 1 atom stereocenters. The highest BCUT2D eigenvalue weighted by Gasteiger charge is 2.38. The van der Waals surface area contributed by atoms with Crippen molar-refractivity contribution in [3.63, 3.8) is 0 Å². The van der Waals surface area contributed by atoms with Crippen LogP contribution >= 0.6 is 11.6 Å². The zero-order valence-electron chi connectivity index (χ0n) is 19.6. The maximum atomic E-state index is 14.7. The summed E-state index contributed by atoms with van der Waals surface area (Å²) in [5.74, 6) is -0.617. The third kappa shape index (κ3) is 4.27. The highest BCUT2D eigenvalue weighted by molar-refractivity contribution is 6.30. The van der Waals surface area contributed by atoms with Gasteiger partial charge in [-0.05, 0) is 73.2 Å². The zero-order chi connectivity index (χ0) is 24.9. The predicted molar refractivity (Wildman–Crippen MR) is 132 cm³/mol. The van der Waals surface area contributed by atoms with Gasteiger partial charge < -0.3 is 15.4 Å². The van der Waals surface area contributed by atoms with Gasteiger partial charge in [0, 0.05) is 23.6 Å². The zero-order valence-corrected chi connectivity index (χ0v) is 20.4. The minimum absolute atomic E-state index is 0.128. The number of hydrogen-bond donors (Lipinski definition) is 1. The number of halogens is 2. The van der Waals surface area contributed by atoms with E-state index in [0.29, 0.717) is 52.8 Å². The Morgan fingerprint density at radius 3 is 2.66 bits per heavy atom. The van der Waals surface area contributed by atoms with Gasteiger partial charge >= 0.3 is 0 Å². The molecule has 1 aliphatic carbocycles. The van der Waals surface area contributed by atoms with Crippen molar-refractivity contribution in [1.29, 1.82) is 0 Å². The van der Waals surface area contributed by atoms with Crippen LogP contribution in [0.4, 0.5) is 4.39 Å². The first-order chi connectivity index (χ1) is 16.6. The second-order valence-corrected chi connectivity index (χ2v) is 10.2. The molecule has 5 rings (SSSR count). The van der Waals surface area contributed by atoms with Crippen LogP contribution in [0.1, 0.15) is 69.3 Å². The quantitative estimate of drug-likeness (QED) is 0.502. The van der Waals surface area contributed by atoms with Gasteiger partial charge in [0.15, 0.2) is 0 Å². The lowest BCUT2D eigenvalue weighted by atomic mass is 9.99. The summed E-state index contributed by atoms with van der Waals surface area (Å²) in [6.07, 6.45) is 1.72. The molecule has 0 radical (unpaired) electrons. The normalized spacial score (nSPS) is 17.4. The molecule has 5 nitrogen and oxygen atoms in total. The summed E-state index contributed by atoms with van der Waals surface area (Å²) in [6, 6.07) is 15.1. The minimum atomic E-state index is -0.570. The average Bonchev–Trinajstić information content (AvgIpc) is 3.36. The lowest BCUT2D eigenvalue weighted by molar-refractivity contribution is 0.0645. The van der Waals surface area contributed by atoms with Crippen molar-refractivity contribution in [3.05, 3.63) is 98.8 Å². The Kier molecular flexibility index (Phi) is 5.80. The summed E-state index contributed by atoms with van der Waals surface area (Å²) in [4.78, 5) is 28.0. The molecular weight excluding hydrogens is 467 g/mol. The van der Waals surface area contributed by atoms with Crippen LogP contribution in [-0.4, -0.2) is 22.3 Å². The van der Waals surface area contributed by atoms with Crippen molar-refractivity contribution < 1.29 is 18.7 Å². The van der Waals surface area contributed by atoms with E-state index in [9.17, 15) is 14.0 Å². The number of primary amides is 1. The number of nitrogens with zero attached hydrogens (tertiary/aromatic N) is 1. The van der Waals surface area contributed by atoms with E-state index in [2.05, 4.69) is 0 Å². The molecule has 0 unspecified atom stereocenters. The van der Waals surface area contributed by atoms with Gasteiger partial charge in [-0.25, -0.2) is 4.39 Å². The van der Waals surface area contributed by atoms with Crippen LogP contribution in [0.3, 0.4) is 0 Å². The summed E-state index contributed by atoms with van der Waals surface area (Å²) in [7, 11) is 0. The average molecular weight is 493 g/mol. The molecule has 0 fully saturated rings. The number of hydrogen-bond acceptors (Lipinski definition) is 3. The second kappa shape index (κ2) is 8.68. The topological polar surface area (TPSA) is 72.6 Å². The second-order valence-electron chi connectivity index (χ2n) is 9.80. The van der Waals surface area contributed by atoms with E-state index in [0.717, 1.165) is 5.56 Å². The molecule has 180 valence electrons. The number of para-hydroxylation sites is 1. The molecule has 3 aromatic rings. The lowest BCUT2D eigenvalue weighted by Crippen LogP contribution is -2.35. The molecule has 0 aromatic heterocycles. The van der Waals surface area contributed by atoms with E-state index < -0.39 is 17.6 Å². The fourth-order valence-corrected chi connectivity index (χ4v) is 5.50. The minimum Gasteiger partial charge on any atom is -0.486 e. The van der Waals surface area contributed by atoms with Crippen LogP contribution in [0.5, 0.6) is 5.75 Å². The van der Waals surface area contributed by atoms with E-state index in [1.54, 1.807) is 41.3 Å². The van der Waals surface area contributed by atoms with Crippen molar-refractivity contribution >= 4 is 23.4 Å². The van der Waals surface area contributed by atoms with Crippen LogP contribution in [0.25, 0.3) is 0 Å². The van der Waals surface area contributed by atoms with Crippen molar-refractivity contribution in [3.8, 4) is 5.75 Å². The number of rotatable bonds is 5. The van der Waals surface area contributed by atoms with Gasteiger partial charge in [0.25, 0.3) is 5.91 Å². The van der Waals surface area contributed by atoms with E-state index >= 15 is 0 Å². The SMILES string of the molecule is CC1(C)Cc2cccc(C(=O)N(Cc3ccccc3C(N)=O)[C@@H]3CCc4c(F)cc(Cl)cc43)c2O1. The molecule has 0 saturated heterocycles. The highest BCUT2D eigenvalue weighted by Crippen LogP contribution is 2.43. The molecule has 0 spiro atoms. The first kappa shape index (κ1) is 23.4. The van der Waals surface area contributed by atoms with E-state index in [1.165, 1.54) is 6.07 Å². The van der Waals surface area contributed by atoms with E-state index in [-0.39, 0.29) is 23.3 Å². The molecule has 2 amide bonds. The van der Waals surface area contributed by atoms with Gasteiger partial charge in [-0.1, -0.05) is 41.9 Å². The number of amides is 2. The Morgan fingerprint density at radius 2 is 1.89 bits per heavy atom. The Labute approximate surface area is 208 Å². The van der Waals surface area contributed by atoms with Crippen molar-refractivity contribution in [2.75, 3.05) is 0 Å². The summed E-state index contributed by atoms with van der Waals surface area (Å²) in [5, 5.41) is 0.281. The van der Waals surface area contributed by atoms with Gasteiger partial charge in [0.1, 0.15) is 17.2 Å². The smallest absolute Gasteiger partial charge is 0.258 e. The van der Waals surface area contributed by atoms with Crippen LogP contribution in [0.2, 0.25) is 5.02 Å². The molecule has 1 heterocycles. The predicted octanol–water partition coefficient (Wildman–Crippen LogP) is 5.62. The molecule has 2 N–H and O–H groups in total. The Balaban J connectivity index is 1.61. The van der Waals surface area contributed by atoms with Crippen LogP contribution in [0.15, 0.2) is 54.6 Å². The summed E-state index contributed by atoms with van der Waals surface area (Å²) in [6.45, 7) is 4.10. The fourth-order valence-electron chi connectivity index (χ4n) is 5.29. The summed E-state index contributed by atoms with van der Waals surface area (Å²) in [5.41, 5.74) is 8.84. The molecule has 35 heavy (non-hydrogen) atoms. The molecular formula is C28H26ClFN2O3. The highest BCUT2D eigenvalue weighted by atomic mass is 35.5. The van der Waals surface area contributed by atoms with Crippen molar-refractivity contribution in [2.24, 2.45) is 5.73 Å². The van der Waals surface area contributed by atoms with E-state index in [4.69, 9.17) is 22.1 Å². The Morgan fingerprint density at radius 1 is 1.14 bits per heavy atom. The number of carbonyl (C=O) groups excluding carboxylic acids is 2. The molecule has 1 aliphatic heterocycles. The standard InChI is InChI=1S/C28H26ClFN2O3/c1-28(2)14-16-7-5-9-21(25(16)35-28)27(34)32(15-17-6-3-4-8-19(17)26(31)33)24-11-10-20-22(24)12-18(29)13-23(20)30/h3-9,12-13,24H,10-11,14-15H2,1-2H3,(H2,31,33)/t24-/m1/s1. The van der Waals surface area contributed by atoms with E-state index in [1.807, 2.05) is 26.0 Å². The molecule has 7 heteroatoms. The lowest BCUT2D eigenvalue weighted by Gasteiger charge is -2.31. The third-order valence-corrected chi connectivity index (χ3v) is 7.02. The van der Waals surface area contributed by atoms with Gasteiger partial charge in [-0.3, -0.25) is 9.59 Å². The third-order valence-electron chi connectivity index (χ3n) is 6.80. The number of ether oxygens (including phenoxy) is 1. The number of fused-ring (bicyclic) bond motifs is 2. The Hall–Kier alpha value is -3.38. The van der Waals surface area contributed by atoms with Crippen LogP contribution in [0, 0.1) is 5.82 Å². The summed E-state index contributed by atoms with van der Waals surface area (Å²) >= 11 is 6.21. The summed E-state index contributed by atoms with van der Waals surface area (Å²) < 4.78 is 20.9. The van der Waals surface area contributed by atoms with Gasteiger partial charge in [-0.15, -0.1) is 0 Å². The van der Waals surface area contributed by atoms with Crippen LogP contribution < -0.4 is 10.5 Å². The van der Waals surface area contributed by atoms with Crippen LogP contribution in [-0.2, 0) is 19.4 Å². The first-order valence-corrected chi connectivity index (χ1v) is 12.0. The Bertz CT molecular complexity index is 1350. The van der Waals surface area contributed by atoms with Crippen molar-refractivity contribution in [2.45, 2.75) is 51.3 Å².